The molecule has 2 rings (SSSR count). The number of phenolic OH excluding ortho intramolecular Hbond substituents is 1. The summed E-state index contributed by atoms with van der Waals surface area (Å²) in [5, 5.41) is 28.3. The highest BCUT2D eigenvalue weighted by Gasteiger charge is 2.16. The molecule has 0 aromatic heterocycles. The van der Waals surface area contributed by atoms with Gasteiger partial charge in [0.25, 0.3) is 0 Å². The maximum atomic E-state index is 9.71. The van der Waals surface area contributed by atoms with Gasteiger partial charge in [-0.3, -0.25) is 0 Å². The van der Waals surface area contributed by atoms with Gasteiger partial charge in [-0.25, -0.2) is 0 Å². The number of rotatable bonds is 0. The lowest BCUT2D eigenvalue weighted by molar-refractivity contribution is 0.484. The van der Waals surface area contributed by atoms with E-state index >= 15 is 0 Å². The van der Waals surface area contributed by atoms with Gasteiger partial charge in [0.15, 0.2) is 4.98 Å². The van der Waals surface area contributed by atoms with E-state index in [0.717, 1.165) is 0 Å². The van der Waals surface area contributed by atoms with Crippen molar-refractivity contribution in [3.63, 3.8) is 0 Å². The van der Waals surface area contributed by atoms with Gasteiger partial charge < -0.3 is 5.11 Å². The van der Waals surface area contributed by atoms with Gasteiger partial charge in [-0.2, -0.15) is 5.26 Å². The third kappa shape index (κ3) is 1.25. The maximum Gasteiger partial charge on any atom is 0.426 e. The molecule has 0 fully saturated rings. The van der Waals surface area contributed by atoms with Gasteiger partial charge in [0.1, 0.15) is 0 Å². The summed E-state index contributed by atoms with van der Waals surface area (Å²) < 4.78 is 0. The molecule has 0 aliphatic heterocycles. The summed E-state index contributed by atoms with van der Waals surface area (Å²) in [6, 6.07) is 10.1. The van der Waals surface area contributed by atoms with Crippen molar-refractivity contribution >= 4 is 16.5 Å². The van der Waals surface area contributed by atoms with E-state index in [1.807, 2.05) is 6.07 Å². The van der Waals surface area contributed by atoms with Gasteiger partial charge in [-0.15, -0.1) is 0 Å². The molecule has 0 aliphatic rings. The number of diazo groups is 1. The van der Waals surface area contributed by atoms with E-state index in [4.69, 9.17) is 10.7 Å². The fraction of sp³-hybridized carbons (Fsp3) is 0. The van der Waals surface area contributed by atoms with E-state index in [1.165, 1.54) is 6.07 Å². The topological polar surface area (TPSA) is 72.2 Å². The first-order chi connectivity index (χ1) is 7.27. The Morgan fingerprint density at radius 1 is 1.13 bits per heavy atom. The molecule has 2 aromatic carbocycles. The number of hydrogen-bond acceptors (Lipinski definition) is 3. The monoisotopic (exact) mass is 196 g/mol. The van der Waals surface area contributed by atoms with Crippen molar-refractivity contribution in [3.8, 4) is 11.8 Å². The molecule has 0 heterocycles. The SMILES string of the molecule is N#Cc1cccc2c(O)c([N+]#N)ccc12. The summed E-state index contributed by atoms with van der Waals surface area (Å²) >= 11 is 0. The number of nitriles is 1. The molecular formula is C11H6N3O+. The first-order valence-electron chi connectivity index (χ1n) is 4.28. The van der Waals surface area contributed by atoms with Crippen molar-refractivity contribution in [2.75, 3.05) is 0 Å². The number of aromatic hydroxyl groups is 1. The predicted octanol–water partition coefficient (Wildman–Crippen LogP) is 2.90. The molecule has 0 atom stereocenters. The molecule has 0 aliphatic carbocycles. The molecule has 0 saturated carbocycles. The van der Waals surface area contributed by atoms with Crippen LogP contribution < -0.4 is 0 Å². The highest BCUT2D eigenvalue weighted by atomic mass is 16.3. The third-order valence-electron chi connectivity index (χ3n) is 2.24. The van der Waals surface area contributed by atoms with Crippen LogP contribution in [0.15, 0.2) is 30.3 Å². The summed E-state index contributed by atoms with van der Waals surface area (Å²) in [7, 11) is 0. The second-order valence-corrected chi connectivity index (χ2v) is 3.05. The van der Waals surface area contributed by atoms with Crippen LogP contribution in [0.25, 0.3) is 15.7 Å². The highest BCUT2D eigenvalue weighted by Crippen LogP contribution is 2.35. The minimum absolute atomic E-state index is 0.0950. The molecule has 70 valence electrons. The lowest BCUT2D eigenvalue weighted by Gasteiger charge is -1.99. The van der Waals surface area contributed by atoms with Crippen LogP contribution >= 0.6 is 0 Å². The van der Waals surface area contributed by atoms with E-state index in [1.54, 1.807) is 24.3 Å². The summed E-state index contributed by atoms with van der Waals surface area (Å²) in [5.41, 5.74) is 0.574. The molecule has 15 heavy (non-hydrogen) atoms. The molecule has 0 unspecified atom stereocenters. The zero-order valence-electron chi connectivity index (χ0n) is 7.68. The summed E-state index contributed by atoms with van der Waals surface area (Å²) in [6.45, 7) is 0. The van der Waals surface area contributed by atoms with Crippen LogP contribution in [0.2, 0.25) is 0 Å². The second kappa shape index (κ2) is 3.28. The second-order valence-electron chi connectivity index (χ2n) is 3.05. The first-order valence-corrected chi connectivity index (χ1v) is 4.28. The van der Waals surface area contributed by atoms with E-state index in [2.05, 4.69) is 4.98 Å². The Morgan fingerprint density at radius 2 is 1.93 bits per heavy atom. The van der Waals surface area contributed by atoms with Crippen molar-refractivity contribution in [1.82, 2.24) is 0 Å². The molecule has 1 N–H and O–H groups in total. The average Bonchev–Trinajstić information content (AvgIpc) is 2.29. The molecule has 2 aromatic rings. The van der Waals surface area contributed by atoms with Crippen molar-refractivity contribution < 1.29 is 5.11 Å². The molecular weight excluding hydrogens is 190 g/mol. The van der Waals surface area contributed by atoms with Gasteiger partial charge in [0, 0.05) is 16.8 Å². The molecule has 0 bridgehead atoms. The number of fused-ring (bicyclic) bond motifs is 1. The number of phenols is 1. The van der Waals surface area contributed by atoms with Crippen LogP contribution in [-0.4, -0.2) is 5.11 Å². The van der Waals surface area contributed by atoms with Gasteiger partial charge in [-0.1, -0.05) is 12.1 Å². The van der Waals surface area contributed by atoms with Crippen LogP contribution in [-0.2, 0) is 0 Å². The quantitative estimate of drug-likeness (QED) is 0.658. The van der Waals surface area contributed by atoms with Crippen molar-refractivity contribution in [1.29, 1.82) is 10.7 Å². The smallest absolute Gasteiger partial charge is 0.426 e. The largest absolute Gasteiger partial charge is 0.501 e. The minimum atomic E-state index is -0.118. The predicted molar refractivity (Wildman–Crippen MR) is 55.1 cm³/mol. The Labute approximate surface area is 85.6 Å². The minimum Gasteiger partial charge on any atom is -0.501 e. The van der Waals surface area contributed by atoms with Crippen LogP contribution in [0.4, 0.5) is 5.69 Å². The first kappa shape index (κ1) is 8.98. The van der Waals surface area contributed by atoms with Crippen LogP contribution in [0.5, 0.6) is 5.75 Å². The average molecular weight is 196 g/mol. The Morgan fingerprint density at radius 3 is 2.60 bits per heavy atom. The lowest BCUT2D eigenvalue weighted by Crippen LogP contribution is -1.79. The third-order valence-corrected chi connectivity index (χ3v) is 2.24. The number of hydrogen-bond donors (Lipinski definition) is 1. The number of nitrogens with zero attached hydrogens (tertiary/aromatic N) is 3. The van der Waals surface area contributed by atoms with Crippen LogP contribution in [0.3, 0.4) is 0 Å². The van der Waals surface area contributed by atoms with Crippen molar-refractivity contribution in [3.05, 3.63) is 40.9 Å². The van der Waals surface area contributed by atoms with Gasteiger partial charge >= 0.3 is 5.69 Å². The Bertz CT molecular complexity index is 620. The molecule has 0 radical (unpaired) electrons. The van der Waals surface area contributed by atoms with Crippen molar-refractivity contribution in [2.24, 2.45) is 0 Å². The highest BCUT2D eigenvalue weighted by molar-refractivity contribution is 5.96. The Hall–Kier alpha value is -2.59. The maximum absolute atomic E-state index is 9.71. The molecule has 0 amide bonds. The Balaban J connectivity index is 2.93. The molecule has 4 nitrogen and oxygen atoms in total. The fourth-order valence-electron chi connectivity index (χ4n) is 1.51. The molecule has 4 heteroatoms. The van der Waals surface area contributed by atoms with E-state index in [9.17, 15) is 5.11 Å². The van der Waals surface area contributed by atoms with Gasteiger partial charge in [0.05, 0.1) is 11.6 Å². The Kier molecular flexibility index (Phi) is 1.97. The lowest BCUT2D eigenvalue weighted by atomic mass is 10.0. The molecule has 0 saturated heterocycles. The van der Waals surface area contributed by atoms with E-state index in [0.29, 0.717) is 16.3 Å². The summed E-state index contributed by atoms with van der Waals surface area (Å²) in [6.07, 6.45) is 0. The normalized spacial score (nSPS) is 9.47. The molecule has 0 spiro atoms. The summed E-state index contributed by atoms with van der Waals surface area (Å²) in [4.78, 5) is 2.94. The zero-order chi connectivity index (χ0) is 10.8. The van der Waals surface area contributed by atoms with Crippen molar-refractivity contribution in [2.45, 2.75) is 0 Å². The standard InChI is InChI=1S/C11H5N3O/c12-6-7-2-1-3-9-8(7)4-5-10(14-13)11(9)15/h1-5H/p+1. The fourth-order valence-corrected chi connectivity index (χ4v) is 1.51. The van der Waals surface area contributed by atoms with Gasteiger partial charge in [-0.05, 0) is 12.1 Å². The zero-order valence-corrected chi connectivity index (χ0v) is 7.68. The van der Waals surface area contributed by atoms with Crippen LogP contribution in [0.1, 0.15) is 5.56 Å². The summed E-state index contributed by atoms with van der Waals surface area (Å²) in [5.74, 6) is -0.118. The van der Waals surface area contributed by atoms with Crippen LogP contribution in [0, 0.1) is 16.7 Å². The van der Waals surface area contributed by atoms with E-state index < -0.39 is 0 Å². The van der Waals surface area contributed by atoms with Gasteiger partial charge in [0.2, 0.25) is 11.1 Å². The number of benzene rings is 2. The van der Waals surface area contributed by atoms with E-state index in [-0.39, 0.29) is 11.4 Å².